The van der Waals surface area contributed by atoms with Gasteiger partial charge >= 0.3 is 0 Å². The molecule has 1 aromatic heterocycles. The maximum absolute atomic E-state index is 13.6. The van der Waals surface area contributed by atoms with Gasteiger partial charge in [-0.05, 0) is 48.6 Å². The van der Waals surface area contributed by atoms with E-state index in [1.165, 1.54) is 23.8 Å². The van der Waals surface area contributed by atoms with Crippen LogP contribution in [0.3, 0.4) is 0 Å². The third-order valence-corrected chi connectivity index (χ3v) is 5.12. The number of alkyl halides is 2. The van der Waals surface area contributed by atoms with Crippen molar-refractivity contribution >= 4 is 29.2 Å². The number of carbonyl (C=O) groups excluding carboxylic acids is 1. The Morgan fingerprint density at radius 3 is 2.48 bits per heavy atom. The number of amides is 1. The van der Waals surface area contributed by atoms with Gasteiger partial charge in [0.15, 0.2) is 0 Å². The molecular weight excluding hydrogens is 392 g/mol. The minimum Gasteiger partial charge on any atom is -0.348 e. The summed E-state index contributed by atoms with van der Waals surface area (Å²) in [5, 5.41) is 2.87. The molecule has 0 spiro atoms. The summed E-state index contributed by atoms with van der Waals surface area (Å²) in [6.07, 6.45) is 8.29. The molecule has 4 nitrogen and oxygen atoms in total. The summed E-state index contributed by atoms with van der Waals surface area (Å²) in [5.41, 5.74) is 1.55. The molecule has 0 saturated heterocycles. The second-order valence-electron chi connectivity index (χ2n) is 6.73. The Kier molecular flexibility index (Phi) is 10.7. The second kappa shape index (κ2) is 12.4. The molecule has 0 aliphatic carbocycles. The van der Waals surface area contributed by atoms with Gasteiger partial charge in [-0.25, -0.2) is 8.78 Å². The van der Waals surface area contributed by atoms with Crippen LogP contribution in [0.25, 0.3) is 0 Å². The molecule has 160 valence electrons. The summed E-state index contributed by atoms with van der Waals surface area (Å²) < 4.78 is 27.2. The first kappa shape index (κ1) is 24.9. The van der Waals surface area contributed by atoms with E-state index in [-0.39, 0.29) is 17.9 Å². The molecule has 0 unspecified atom stereocenters. The summed E-state index contributed by atoms with van der Waals surface area (Å²) in [5.74, 6) is -3.08. The zero-order valence-electron chi connectivity index (χ0n) is 17.9. The van der Waals surface area contributed by atoms with Crippen LogP contribution in [-0.4, -0.2) is 37.3 Å². The van der Waals surface area contributed by atoms with Crippen molar-refractivity contribution in [3.8, 4) is 0 Å². The highest BCUT2D eigenvalue weighted by Crippen LogP contribution is 2.27. The van der Waals surface area contributed by atoms with Gasteiger partial charge in [0.1, 0.15) is 0 Å². The first-order valence-electron chi connectivity index (χ1n) is 9.90. The fourth-order valence-electron chi connectivity index (χ4n) is 2.51. The molecule has 7 heteroatoms. The summed E-state index contributed by atoms with van der Waals surface area (Å²) in [4.78, 5) is 21.7. The number of rotatable bonds is 7. The predicted octanol–water partition coefficient (Wildman–Crippen LogP) is 6.05. The van der Waals surface area contributed by atoms with Crippen molar-refractivity contribution in [1.82, 2.24) is 5.32 Å². The third-order valence-electron chi connectivity index (χ3n) is 4.01. The van der Waals surface area contributed by atoms with Crippen molar-refractivity contribution in [1.29, 1.82) is 0 Å². The number of nitrogens with zero attached hydrogens (tertiary/aromatic N) is 2. The number of nitrogens with one attached hydrogen (secondary N) is 1. The maximum atomic E-state index is 13.6. The van der Waals surface area contributed by atoms with Crippen molar-refractivity contribution in [2.24, 2.45) is 9.98 Å². The highest BCUT2D eigenvalue weighted by Gasteiger charge is 2.26. The van der Waals surface area contributed by atoms with Crippen LogP contribution >= 0.6 is 11.3 Å². The maximum Gasteiger partial charge on any atom is 0.266 e. The first-order valence-corrected chi connectivity index (χ1v) is 10.7. The predicted molar refractivity (Wildman–Crippen MR) is 120 cm³/mol. The minimum absolute atomic E-state index is 0.0160. The smallest absolute Gasteiger partial charge is 0.266 e. The summed E-state index contributed by atoms with van der Waals surface area (Å²) in [7, 11) is 1.56. The number of carbonyl (C=O) groups is 1. The van der Waals surface area contributed by atoms with Crippen LogP contribution in [0.4, 0.5) is 8.78 Å². The highest BCUT2D eigenvalue weighted by molar-refractivity contribution is 7.16. The van der Waals surface area contributed by atoms with Gasteiger partial charge in [0.2, 0.25) is 0 Å². The Morgan fingerprint density at radius 1 is 1.31 bits per heavy atom. The fraction of sp³-hybridized carbons (Fsp3) is 0.500. The van der Waals surface area contributed by atoms with Gasteiger partial charge in [0.05, 0.1) is 15.5 Å². The van der Waals surface area contributed by atoms with E-state index in [2.05, 4.69) is 29.1 Å². The van der Waals surface area contributed by atoms with Crippen molar-refractivity contribution in [2.75, 3.05) is 13.6 Å². The Hall–Kier alpha value is -2.15. The number of allylic oxidation sites excluding steroid dienone is 2. The van der Waals surface area contributed by atoms with Gasteiger partial charge in [-0.1, -0.05) is 27.2 Å². The Bertz CT molecular complexity index is 786. The van der Waals surface area contributed by atoms with E-state index in [0.29, 0.717) is 22.0 Å². The van der Waals surface area contributed by atoms with Gasteiger partial charge in [-0.2, -0.15) is 0 Å². The van der Waals surface area contributed by atoms with Gasteiger partial charge in [-0.15, -0.1) is 11.3 Å². The molecule has 0 saturated carbocycles. The molecule has 2 rings (SSSR count). The van der Waals surface area contributed by atoms with Crippen molar-refractivity contribution in [3.05, 3.63) is 45.3 Å². The first-order chi connectivity index (χ1) is 13.8. The monoisotopic (exact) mass is 423 g/mol. The van der Waals surface area contributed by atoms with Crippen LogP contribution in [0, 0.1) is 0 Å². The number of halogens is 2. The fourth-order valence-corrected chi connectivity index (χ4v) is 3.44. The third kappa shape index (κ3) is 8.40. The largest absolute Gasteiger partial charge is 0.348 e. The molecule has 1 N–H and O–H groups in total. The van der Waals surface area contributed by atoms with Crippen LogP contribution in [0.1, 0.15) is 67.9 Å². The van der Waals surface area contributed by atoms with Crippen LogP contribution < -0.4 is 5.32 Å². The van der Waals surface area contributed by atoms with Crippen LogP contribution in [0.5, 0.6) is 0 Å². The van der Waals surface area contributed by atoms with E-state index in [0.717, 1.165) is 25.3 Å². The van der Waals surface area contributed by atoms with E-state index in [1.807, 2.05) is 6.21 Å². The lowest BCUT2D eigenvalue weighted by Crippen LogP contribution is -2.25. The molecule has 0 atom stereocenters. The molecule has 0 bridgehead atoms. The van der Waals surface area contributed by atoms with Crippen LogP contribution in [0.15, 0.2) is 45.5 Å². The van der Waals surface area contributed by atoms with Gasteiger partial charge < -0.3 is 5.32 Å². The topological polar surface area (TPSA) is 53.8 Å². The number of aliphatic imine (C=N–C) groups is 2. The lowest BCUT2D eigenvalue weighted by atomic mass is 10.1. The minimum atomic E-state index is -2.89. The molecule has 29 heavy (non-hydrogen) atoms. The molecule has 1 aliphatic rings. The van der Waals surface area contributed by atoms with Crippen molar-refractivity contribution in [2.45, 2.75) is 59.3 Å². The molecular formula is C22H31F2N3OS. The summed E-state index contributed by atoms with van der Waals surface area (Å²) in [6, 6.07) is 3.43. The number of thiophene rings is 1. The average Bonchev–Trinajstić information content (AvgIpc) is 3.17. The quantitative estimate of drug-likeness (QED) is 0.533. The van der Waals surface area contributed by atoms with E-state index >= 15 is 0 Å². The standard InChI is InChI=1S/C19H23F2N3OS.C3H8/c1-4-14(19(2,20)21)10-15(22-3)16-7-8-17(26-16)18(25)24-12-13-6-5-9-23-11-13;1-3-2/h7-11H,4-6,12H2,1-3H3,(H,24,25);3H2,1-2H3/b14-10+,22-15?;. The van der Waals surface area contributed by atoms with E-state index < -0.39 is 5.92 Å². The normalized spacial score (nSPS) is 14.8. The molecule has 0 fully saturated rings. The van der Waals surface area contributed by atoms with Crippen molar-refractivity contribution in [3.63, 3.8) is 0 Å². The molecule has 1 aliphatic heterocycles. The van der Waals surface area contributed by atoms with Crippen molar-refractivity contribution < 1.29 is 13.6 Å². The zero-order chi connectivity index (χ0) is 21.9. The van der Waals surface area contributed by atoms with E-state index in [9.17, 15) is 13.6 Å². The van der Waals surface area contributed by atoms with E-state index in [4.69, 9.17) is 0 Å². The van der Waals surface area contributed by atoms with Gasteiger partial charge in [0.25, 0.3) is 11.8 Å². The number of hydrogen-bond donors (Lipinski definition) is 1. The molecule has 0 aromatic carbocycles. The summed E-state index contributed by atoms with van der Waals surface area (Å²) >= 11 is 1.24. The average molecular weight is 424 g/mol. The molecule has 0 radical (unpaired) electrons. The Labute approximate surface area is 176 Å². The molecule has 1 amide bonds. The Balaban J connectivity index is 0.00000132. The van der Waals surface area contributed by atoms with E-state index in [1.54, 1.807) is 32.3 Å². The molecule has 2 heterocycles. The lowest BCUT2D eigenvalue weighted by Gasteiger charge is -2.13. The van der Waals surface area contributed by atoms with Crippen LogP contribution in [0.2, 0.25) is 0 Å². The Morgan fingerprint density at radius 2 is 1.97 bits per heavy atom. The SMILES string of the molecule is CC/C(=C\C(=NC)c1ccc(C(=O)NCC2=CN=CCC2)s1)C(C)(F)F.CCC. The highest BCUT2D eigenvalue weighted by atomic mass is 32.1. The number of hydrogen-bond acceptors (Lipinski definition) is 4. The zero-order valence-corrected chi connectivity index (χ0v) is 18.7. The van der Waals surface area contributed by atoms with Crippen LogP contribution in [-0.2, 0) is 0 Å². The van der Waals surface area contributed by atoms with Gasteiger partial charge in [-0.3, -0.25) is 14.8 Å². The second-order valence-corrected chi connectivity index (χ2v) is 7.82. The van der Waals surface area contributed by atoms with Gasteiger partial charge in [0, 0.05) is 32.9 Å². The summed E-state index contributed by atoms with van der Waals surface area (Å²) in [6.45, 7) is 7.28. The lowest BCUT2D eigenvalue weighted by molar-refractivity contribution is 0.0605. The molecule has 1 aromatic rings.